The van der Waals surface area contributed by atoms with Gasteiger partial charge in [-0.1, -0.05) is 6.07 Å². The predicted octanol–water partition coefficient (Wildman–Crippen LogP) is 1.25. The number of amides is 1. The highest BCUT2D eigenvalue weighted by molar-refractivity contribution is 7.90. The number of aromatic nitrogens is 3. The second-order valence-electron chi connectivity index (χ2n) is 7.41. The number of hydrogen-bond acceptors (Lipinski definition) is 6. The third-order valence-electron chi connectivity index (χ3n) is 5.53. The third-order valence-corrected chi connectivity index (χ3v) is 7.91. The van der Waals surface area contributed by atoms with Crippen molar-refractivity contribution in [2.24, 2.45) is 5.92 Å². The van der Waals surface area contributed by atoms with Gasteiger partial charge >= 0.3 is 0 Å². The molecule has 2 atom stereocenters. The molecule has 0 aromatic carbocycles. The lowest BCUT2D eigenvalue weighted by Crippen LogP contribution is -2.35. The van der Waals surface area contributed by atoms with Gasteiger partial charge in [0.2, 0.25) is 10.0 Å². The molecule has 2 aromatic rings. The van der Waals surface area contributed by atoms with E-state index in [9.17, 15) is 13.2 Å². The van der Waals surface area contributed by atoms with Crippen LogP contribution in [0.15, 0.2) is 36.9 Å². The molecule has 2 aliphatic heterocycles. The maximum atomic E-state index is 13.0. The third kappa shape index (κ3) is 3.64. The van der Waals surface area contributed by atoms with E-state index in [1.54, 1.807) is 27.8 Å². The Morgan fingerprint density at radius 2 is 2.00 bits per heavy atom. The molecule has 148 valence electrons. The van der Waals surface area contributed by atoms with Gasteiger partial charge in [0, 0.05) is 44.8 Å². The first kappa shape index (κ1) is 18.9. The topological polar surface area (TPSA) is 96.4 Å². The molecule has 0 radical (unpaired) electrons. The van der Waals surface area contributed by atoms with E-state index >= 15 is 0 Å². The summed E-state index contributed by atoms with van der Waals surface area (Å²) in [5.74, 6) is -0.152. The van der Waals surface area contributed by atoms with Gasteiger partial charge in [-0.25, -0.2) is 13.4 Å². The molecule has 0 spiro atoms. The molecule has 0 saturated carbocycles. The number of hydrogen-bond donors (Lipinski definition) is 0. The summed E-state index contributed by atoms with van der Waals surface area (Å²) < 4.78 is 27.7. The van der Waals surface area contributed by atoms with Crippen molar-refractivity contribution in [3.05, 3.63) is 53.9 Å². The number of aryl methyl sites for hydroxylation is 1. The van der Waals surface area contributed by atoms with Gasteiger partial charge < -0.3 is 4.90 Å². The molecule has 4 rings (SSSR count). The van der Waals surface area contributed by atoms with Gasteiger partial charge in [0.1, 0.15) is 5.69 Å². The van der Waals surface area contributed by atoms with Crippen molar-refractivity contribution >= 4 is 15.9 Å². The molecular weight excluding hydrogens is 378 g/mol. The number of carbonyl (C=O) groups excluding carboxylic acids is 1. The van der Waals surface area contributed by atoms with Crippen LogP contribution in [0.5, 0.6) is 0 Å². The minimum atomic E-state index is -3.39. The fourth-order valence-corrected chi connectivity index (χ4v) is 6.24. The number of carbonyl (C=O) groups is 1. The van der Waals surface area contributed by atoms with Gasteiger partial charge in [0.15, 0.2) is 0 Å². The normalized spacial score (nSPS) is 24.5. The quantitative estimate of drug-likeness (QED) is 0.768. The number of rotatable bonds is 3. The summed E-state index contributed by atoms with van der Waals surface area (Å²) in [6.45, 7) is 3.61. The first-order valence-corrected chi connectivity index (χ1v) is 10.9. The van der Waals surface area contributed by atoms with Crippen molar-refractivity contribution < 1.29 is 13.2 Å². The molecule has 2 aromatic heterocycles. The fourth-order valence-electron chi connectivity index (χ4n) is 4.01. The average molecular weight is 401 g/mol. The molecule has 2 aliphatic rings. The molecule has 8 nitrogen and oxygen atoms in total. The van der Waals surface area contributed by atoms with Crippen LogP contribution in [0.25, 0.3) is 0 Å². The second-order valence-corrected chi connectivity index (χ2v) is 9.56. The lowest BCUT2D eigenvalue weighted by atomic mass is 10.0. The molecule has 28 heavy (non-hydrogen) atoms. The highest BCUT2D eigenvalue weighted by Crippen LogP contribution is 2.35. The second kappa shape index (κ2) is 7.56. The van der Waals surface area contributed by atoms with Crippen LogP contribution in [-0.2, 0) is 16.6 Å². The van der Waals surface area contributed by atoms with E-state index in [1.165, 1.54) is 6.20 Å². The summed E-state index contributed by atoms with van der Waals surface area (Å²) in [6, 6.07) is 3.70. The Labute approximate surface area is 164 Å². The zero-order valence-electron chi connectivity index (χ0n) is 15.7. The SMILES string of the molecule is Cc1cnc(C(=O)N2CC[C@@H]3CN(Cc4cccnc4)S(=O)(=O)[C@@H]3CC2)cn1. The standard InChI is InChI=1S/C19H23N5O3S/c1-14-9-22-17(11-21-14)19(25)23-7-4-16-13-24(12-15-3-2-6-20-10-15)28(26,27)18(16)5-8-23/h2-3,6,9-11,16,18H,4-5,7-8,12-13H2,1H3/t16-,18-/m1/s1. The van der Waals surface area contributed by atoms with E-state index < -0.39 is 15.3 Å². The van der Waals surface area contributed by atoms with Gasteiger partial charge in [-0.05, 0) is 37.3 Å². The van der Waals surface area contributed by atoms with Gasteiger partial charge in [0.25, 0.3) is 5.91 Å². The van der Waals surface area contributed by atoms with Crippen molar-refractivity contribution in [2.45, 2.75) is 31.6 Å². The van der Waals surface area contributed by atoms with Crippen LogP contribution in [0.1, 0.15) is 34.6 Å². The highest BCUT2D eigenvalue weighted by Gasteiger charge is 2.47. The van der Waals surface area contributed by atoms with Crippen LogP contribution >= 0.6 is 0 Å². The van der Waals surface area contributed by atoms with Gasteiger partial charge in [-0.15, -0.1) is 0 Å². The Morgan fingerprint density at radius 3 is 2.71 bits per heavy atom. The number of nitrogens with zero attached hydrogens (tertiary/aromatic N) is 5. The lowest BCUT2D eigenvalue weighted by molar-refractivity contribution is 0.0752. The van der Waals surface area contributed by atoms with E-state index in [0.717, 1.165) is 11.3 Å². The maximum Gasteiger partial charge on any atom is 0.274 e. The zero-order valence-corrected chi connectivity index (χ0v) is 16.5. The van der Waals surface area contributed by atoms with Gasteiger partial charge in [-0.3, -0.25) is 14.8 Å². The lowest BCUT2D eigenvalue weighted by Gasteiger charge is -2.21. The van der Waals surface area contributed by atoms with E-state index in [-0.39, 0.29) is 11.8 Å². The Bertz CT molecular complexity index is 949. The largest absolute Gasteiger partial charge is 0.337 e. The summed E-state index contributed by atoms with van der Waals surface area (Å²) in [4.78, 5) is 26.8. The van der Waals surface area contributed by atoms with E-state index in [0.29, 0.717) is 44.7 Å². The monoisotopic (exact) mass is 401 g/mol. The highest BCUT2D eigenvalue weighted by atomic mass is 32.2. The molecular formula is C19H23N5O3S. The average Bonchev–Trinajstić information content (AvgIpc) is 2.84. The molecule has 0 N–H and O–H groups in total. The summed E-state index contributed by atoms with van der Waals surface area (Å²) in [5.41, 5.74) is 1.94. The smallest absolute Gasteiger partial charge is 0.274 e. The number of pyridine rings is 1. The molecule has 1 amide bonds. The Morgan fingerprint density at radius 1 is 1.18 bits per heavy atom. The van der Waals surface area contributed by atoms with Crippen molar-refractivity contribution in [3.63, 3.8) is 0 Å². The molecule has 0 aliphatic carbocycles. The van der Waals surface area contributed by atoms with Crippen molar-refractivity contribution in [3.8, 4) is 0 Å². The number of sulfonamides is 1. The number of fused-ring (bicyclic) bond motifs is 1. The van der Waals surface area contributed by atoms with E-state index in [2.05, 4.69) is 15.0 Å². The molecule has 2 fully saturated rings. The Balaban J connectivity index is 1.45. The Kier molecular flexibility index (Phi) is 5.11. The van der Waals surface area contributed by atoms with Gasteiger partial charge in [0.05, 0.1) is 17.1 Å². The fraction of sp³-hybridized carbons (Fsp3) is 0.474. The minimum Gasteiger partial charge on any atom is -0.337 e. The minimum absolute atomic E-state index is 0.0311. The summed E-state index contributed by atoms with van der Waals surface area (Å²) >= 11 is 0. The van der Waals surface area contributed by atoms with Crippen LogP contribution < -0.4 is 0 Å². The summed E-state index contributed by atoms with van der Waals surface area (Å²) in [7, 11) is -3.39. The van der Waals surface area contributed by atoms with Crippen LogP contribution in [0.3, 0.4) is 0 Å². The predicted molar refractivity (Wildman–Crippen MR) is 103 cm³/mol. The van der Waals surface area contributed by atoms with E-state index in [1.807, 2.05) is 19.1 Å². The van der Waals surface area contributed by atoms with Crippen molar-refractivity contribution in [1.82, 2.24) is 24.2 Å². The molecule has 9 heteroatoms. The Hall–Kier alpha value is -2.39. The maximum absolute atomic E-state index is 13.0. The summed E-state index contributed by atoms with van der Waals surface area (Å²) in [5, 5.41) is -0.439. The van der Waals surface area contributed by atoms with Gasteiger partial charge in [-0.2, -0.15) is 4.31 Å². The van der Waals surface area contributed by atoms with Crippen molar-refractivity contribution in [1.29, 1.82) is 0 Å². The number of likely N-dealkylation sites (tertiary alicyclic amines) is 1. The van der Waals surface area contributed by atoms with Crippen molar-refractivity contribution in [2.75, 3.05) is 19.6 Å². The van der Waals surface area contributed by atoms with Crippen LogP contribution in [0.4, 0.5) is 0 Å². The van der Waals surface area contributed by atoms with Crippen LogP contribution in [0, 0.1) is 12.8 Å². The van der Waals surface area contributed by atoms with Crippen LogP contribution in [-0.4, -0.2) is 63.4 Å². The summed E-state index contributed by atoms with van der Waals surface area (Å²) in [6.07, 6.45) is 7.54. The molecule has 4 heterocycles. The molecule has 0 unspecified atom stereocenters. The van der Waals surface area contributed by atoms with Crippen LogP contribution in [0.2, 0.25) is 0 Å². The first-order valence-electron chi connectivity index (χ1n) is 9.41. The van der Waals surface area contributed by atoms with E-state index in [4.69, 9.17) is 0 Å². The first-order chi connectivity index (χ1) is 13.4. The zero-order chi connectivity index (χ0) is 19.7. The molecule has 2 saturated heterocycles. The molecule has 0 bridgehead atoms.